The highest BCUT2D eigenvalue weighted by atomic mass is 35.5. The number of hydrogen-bond acceptors (Lipinski definition) is 3. The van der Waals surface area contributed by atoms with Gasteiger partial charge >= 0.3 is 0 Å². The van der Waals surface area contributed by atoms with E-state index in [0.29, 0.717) is 5.88 Å². The van der Waals surface area contributed by atoms with Crippen molar-refractivity contribution in [3.8, 4) is 5.06 Å². The second-order valence-electron chi connectivity index (χ2n) is 2.95. The van der Waals surface area contributed by atoms with Gasteiger partial charge in [-0.1, -0.05) is 17.4 Å². The van der Waals surface area contributed by atoms with Gasteiger partial charge in [-0.3, -0.25) is 0 Å². The fraction of sp³-hybridized carbons (Fsp3) is 0.200. The van der Waals surface area contributed by atoms with Gasteiger partial charge < -0.3 is 10.5 Å². The lowest BCUT2D eigenvalue weighted by atomic mass is 10.1. The minimum Gasteiger partial charge on any atom is -0.487 e. The Kier molecular flexibility index (Phi) is 2.52. The largest absolute Gasteiger partial charge is 0.487 e. The Bertz CT molecular complexity index is 466. The van der Waals surface area contributed by atoms with Crippen LogP contribution in [-0.2, 0) is 5.88 Å². The van der Waals surface area contributed by atoms with Crippen molar-refractivity contribution in [2.75, 3.05) is 12.8 Å². The van der Waals surface area contributed by atoms with Crippen LogP contribution in [0.25, 0.3) is 10.1 Å². The molecule has 0 bridgehead atoms. The molecule has 14 heavy (non-hydrogen) atoms. The van der Waals surface area contributed by atoms with Gasteiger partial charge in [0.1, 0.15) is 0 Å². The third-order valence-corrected chi connectivity index (χ3v) is 3.50. The van der Waals surface area contributed by atoms with E-state index in [-0.39, 0.29) is 0 Å². The number of hydrogen-bond donors (Lipinski definition) is 1. The standard InChI is InChI=1S/C10H10ClNOS/c1-13-9-4-7-8(14-9)3-2-6(5-11)10(7)12/h2-4H,5,12H2,1H3. The molecule has 2 nitrogen and oxygen atoms in total. The van der Waals surface area contributed by atoms with Gasteiger partial charge in [-0.25, -0.2) is 0 Å². The number of anilines is 1. The van der Waals surface area contributed by atoms with E-state index in [1.807, 2.05) is 18.2 Å². The number of nitrogens with two attached hydrogens (primary N) is 1. The molecule has 0 unspecified atom stereocenters. The topological polar surface area (TPSA) is 35.2 Å². The molecule has 1 aromatic carbocycles. The quantitative estimate of drug-likeness (QED) is 0.632. The first-order valence-electron chi connectivity index (χ1n) is 4.17. The van der Waals surface area contributed by atoms with Crippen LogP contribution >= 0.6 is 22.9 Å². The molecule has 0 aliphatic carbocycles. The molecule has 2 N–H and O–H groups in total. The highest BCUT2D eigenvalue weighted by Crippen LogP contribution is 2.36. The molecule has 0 aliphatic heterocycles. The van der Waals surface area contributed by atoms with Crippen molar-refractivity contribution in [1.29, 1.82) is 0 Å². The van der Waals surface area contributed by atoms with E-state index in [1.54, 1.807) is 18.4 Å². The number of nitrogen functional groups attached to an aromatic ring is 1. The van der Waals surface area contributed by atoms with E-state index in [1.165, 1.54) is 0 Å². The smallest absolute Gasteiger partial charge is 0.174 e. The lowest BCUT2D eigenvalue weighted by Gasteiger charge is -2.01. The minimum atomic E-state index is 0.444. The van der Waals surface area contributed by atoms with Crippen LogP contribution in [0, 0.1) is 0 Å². The van der Waals surface area contributed by atoms with Gasteiger partial charge in [0.05, 0.1) is 7.11 Å². The molecule has 1 heterocycles. The van der Waals surface area contributed by atoms with Crippen molar-refractivity contribution < 1.29 is 4.74 Å². The van der Waals surface area contributed by atoms with E-state index in [4.69, 9.17) is 22.1 Å². The number of benzene rings is 1. The zero-order chi connectivity index (χ0) is 10.1. The van der Waals surface area contributed by atoms with Crippen LogP contribution in [0.15, 0.2) is 18.2 Å². The van der Waals surface area contributed by atoms with E-state index >= 15 is 0 Å². The summed E-state index contributed by atoms with van der Waals surface area (Å²) in [6.45, 7) is 0. The van der Waals surface area contributed by atoms with Crippen molar-refractivity contribution in [3.05, 3.63) is 23.8 Å². The molecule has 2 aromatic rings. The maximum absolute atomic E-state index is 5.96. The zero-order valence-electron chi connectivity index (χ0n) is 7.71. The summed E-state index contributed by atoms with van der Waals surface area (Å²) in [5.74, 6) is 0.444. The van der Waals surface area contributed by atoms with E-state index in [2.05, 4.69) is 0 Å². The molecule has 2 rings (SSSR count). The van der Waals surface area contributed by atoms with Crippen LogP contribution in [0.4, 0.5) is 5.69 Å². The zero-order valence-corrected chi connectivity index (χ0v) is 9.28. The number of methoxy groups -OCH3 is 1. The molecule has 0 aliphatic rings. The van der Waals surface area contributed by atoms with Crippen LogP contribution in [0.3, 0.4) is 0 Å². The summed E-state index contributed by atoms with van der Waals surface area (Å²) in [6, 6.07) is 5.93. The summed E-state index contributed by atoms with van der Waals surface area (Å²) in [7, 11) is 1.66. The number of thiophene rings is 1. The van der Waals surface area contributed by atoms with Crippen LogP contribution in [-0.4, -0.2) is 7.11 Å². The molecule has 0 saturated heterocycles. The van der Waals surface area contributed by atoms with Gasteiger partial charge in [0, 0.05) is 27.7 Å². The maximum Gasteiger partial charge on any atom is 0.174 e. The molecule has 74 valence electrons. The number of fused-ring (bicyclic) bond motifs is 1. The number of ether oxygens (including phenoxy) is 1. The monoisotopic (exact) mass is 227 g/mol. The van der Waals surface area contributed by atoms with Crippen LogP contribution < -0.4 is 10.5 Å². The Hall–Kier alpha value is -0.930. The molecule has 0 atom stereocenters. The van der Waals surface area contributed by atoms with Gasteiger partial charge in [0.25, 0.3) is 0 Å². The van der Waals surface area contributed by atoms with Crippen molar-refractivity contribution in [2.24, 2.45) is 0 Å². The Morgan fingerprint density at radius 3 is 2.93 bits per heavy atom. The number of halogens is 1. The first-order chi connectivity index (χ1) is 6.76. The van der Waals surface area contributed by atoms with E-state index < -0.39 is 0 Å². The van der Waals surface area contributed by atoms with E-state index in [9.17, 15) is 0 Å². The number of rotatable bonds is 2. The molecule has 0 saturated carbocycles. The molecule has 0 fully saturated rings. The minimum absolute atomic E-state index is 0.444. The average molecular weight is 228 g/mol. The highest BCUT2D eigenvalue weighted by Gasteiger charge is 2.07. The van der Waals surface area contributed by atoms with Crippen molar-refractivity contribution in [1.82, 2.24) is 0 Å². The summed E-state index contributed by atoms with van der Waals surface area (Å²) < 4.78 is 6.29. The van der Waals surface area contributed by atoms with Crippen molar-refractivity contribution >= 4 is 38.7 Å². The van der Waals surface area contributed by atoms with E-state index in [0.717, 1.165) is 26.4 Å². The van der Waals surface area contributed by atoms with Crippen molar-refractivity contribution in [3.63, 3.8) is 0 Å². The van der Waals surface area contributed by atoms with Crippen molar-refractivity contribution in [2.45, 2.75) is 5.88 Å². The third kappa shape index (κ3) is 1.42. The van der Waals surface area contributed by atoms with Gasteiger partial charge in [-0.05, 0) is 11.6 Å². The fourth-order valence-corrected chi connectivity index (χ4v) is 2.50. The molecular weight excluding hydrogens is 218 g/mol. The molecule has 1 aromatic heterocycles. The Labute approximate surface area is 91.2 Å². The van der Waals surface area contributed by atoms with Crippen LogP contribution in [0.2, 0.25) is 0 Å². The third-order valence-electron chi connectivity index (χ3n) is 2.16. The lowest BCUT2D eigenvalue weighted by molar-refractivity contribution is 0.427. The second-order valence-corrected chi connectivity index (χ2v) is 4.27. The normalized spacial score (nSPS) is 10.7. The Morgan fingerprint density at radius 2 is 2.29 bits per heavy atom. The molecule has 0 amide bonds. The van der Waals surface area contributed by atoms with Gasteiger partial charge in [0.15, 0.2) is 5.06 Å². The molecule has 0 spiro atoms. The number of alkyl halides is 1. The average Bonchev–Trinajstić information content (AvgIpc) is 2.62. The molecule has 0 radical (unpaired) electrons. The SMILES string of the molecule is COc1cc2c(N)c(CCl)ccc2s1. The Balaban J connectivity index is 2.68. The molecular formula is C10H10ClNOS. The Morgan fingerprint density at radius 1 is 1.50 bits per heavy atom. The van der Waals surface area contributed by atoms with Gasteiger partial charge in [-0.2, -0.15) is 0 Å². The summed E-state index contributed by atoms with van der Waals surface area (Å²) in [6.07, 6.45) is 0. The van der Waals surface area contributed by atoms with Crippen LogP contribution in [0.1, 0.15) is 5.56 Å². The summed E-state index contributed by atoms with van der Waals surface area (Å²) in [5, 5.41) is 1.91. The van der Waals surface area contributed by atoms with Gasteiger partial charge in [-0.15, -0.1) is 11.6 Å². The van der Waals surface area contributed by atoms with Gasteiger partial charge in [0.2, 0.25) is 0 Å². The first-order valence-corrected chi connectivity index (χ1v) is 5.52. The predicted octanol–water partition coefficient (Wildman–Crippen LogP) is 3.23. The second kappa shape index (κ2) is 3.67. The summed E-state index contributed by atoms with van der Waals surface area (Å²) in [5.41, 5.74) is 7.70. The lowest BCUT2D eigenvalue weighted by Crippen LogP contribution is -1.91. The maximum atomic E-state index is 5.96. The first kappa shape index (κ1) is 9.62. The predicted molar refractivity (Wildman–Crippen MR) is 62.3 cm³/mol. The molecule has 4 heteroatoms. The van der Waals surface area contributed by atoms with Crippen LogP contribution in [0.5, 0.6) is 5.06 Å². The summed E-state index contributed by atoms with van der Waals surface area (Å²) in [4.78, 5) is 0. The summed E-state index contributed by atoms with van der Waals surface area (Å²) >= 11 is 7.35. The highest BCUT2D eigenvalue weighted by molar-refractivity contribution is 7.20. The fourth-order valence-electron chi connectivity index (χ4n) is 1.37.